The molecule has 3 atom stereocenters. The molecule has 0 saturated carbocycles. The predicted octanol–water partition coefficient (Wildman–Crippen LogP) is 1.64. The van der Waals surface area contributed by atoms with Crippen LogP contribution in [0.1, 0.15) is 18.5 Å². The highest BCUT2D eigenvalue weighted by Gasteiger charge is 2.49. The number of hydrogen-bond acceptors (Lipinski definition) is 3. The van der Waals surface area contributed by atoms with Gasteiger partial charge in [-0.25, -0.2) is 0 Å². The number of alkyl halides is 1. The van der Waals surface area contributed by atoms with Crippen molar-refractivity contribution in [1.29, 1.82) is 0 Å². The second-order valence-corrected chi connectivity index (χ2v) is 5.20. The molecule has 15 heavy (non-hydrogen) atoms. The second-order valence-electron chi connectivity index (χ2n) is 4.53. The van der Waals surface area contributed by atoms with Gasteiger partial charge in [0.05, 0.1) is 11.9 Å². The average Bonchev–Trinajstić information content (AvgIpc) is 2.52. The molecule has 2 fully saturated rings. The molecule has 0 radical (unpaired) electrons. The van der Waals surface area contributed by atoms with Crippen molar-refractivity contribution in [3.63, 3.8) is 0 Å². The smallest absolute Gasteiger partial charge is 0.105 e. The van der Waals surface area contributed by atoms with Gasteiger partial charge < -0.3 is 4.90 Å². The van der Waals surface area contributed by atoms with Gasteiger partial charge in [0.2, 0.25) is 0 Å². The molecular weight excluding hydrogens is 210 g/mol. The monoisotopic (exact) mass is 223 g/mol. The minimum Gasteiger partial charge on any atom is -0.301 e. The SMILES string of the molecule is ClC1(c2cnccn2)CN2CCCC1C2. The predicted molar refractivity (Wildman–Crippen MR) is 58.7 cm³/mol. The highest BCUT2D eigenvalue weighted by atomic mass is 35.5. The van der Waals surface area contributed by atoms with E-state index in [0.717, 1.165) is 18.8 Å². The van der Waals surface area contributed by atoms with Gasteiger partial charge in [-0.1, -0.05) is 0 Å². The number of nitrogens with zero attached hydrogens (tertiary/aromatic N) is 3. The van der Waals surface area contributed by atoms with Crippen molar-refractivity contribution >= 4 is 11.6 Å². The first-order chi connectivity index (χ1) is 7.29. The van der Waals surface area contributed by atoms with Gasteiger partial charge in [-0.15, -0.1) is 11.6 Å². The normalized spacial score (nSPS) is 39.3. The quantitative estimate of drug-likeness (QED) is 0.678. The average molecular weight is 224 g/mol. The van der Waals surface area contributed by atoms with Crippen molar-refractivity contribution < 1.29 is 0 Å². The third kappa shape index (κ3) is 1.45. The van der Waals surface area contributed by atoms with E-state index in [-0.39, 0.29) is 4.87 Å². The lowest BCUT2D eigenvalue weighted by Crippen LogP contribution is -2.29. The molecule has 3 unspecified atom stereocenters. The fourth-order valence-electron chi connectivity index (χ4n) is 2.83. The maximum absolute atomic E-state index is 6.75. The Hall–Kier alpha value is -0.670. The highest BCUT2D eigenvalue weighted by Crippen LogP contribution is 2.46. The summed E-state index contributed by atoms with van der Waals surface area (Å²) in [6, 6.07) is 0. The zero-order valence-electron chi connectivity index (χ0n) is 8.56. The van der Waals surface area contributed by atoms with Crippen molar-refractivity contribution in [3.05, 3.63) is 24.3 Å². The lowest BCUT2D eigenvalue weighted by atomic mass is 9.88. The fourth-order valence-corrected chi connectivity index (χ4v) is 3.28. The zero-order valence-corrected chi connectivity index (χ0v) is 9.32. The summed E-state index contributed by atoms with van der Waals surface area (Å²) in [5.74, 6) is 0.546. The summed E-state index contributed by atoms with van der Waals surface area (Å²) >= 11 is 6.75. The second kappa shape index (κ2) is 3.42. The van der Waals surface area contributed by atoms with Gasteiger partial charge in [-0.2, -0.15) is 0 Å². The first-order valence-electron chi connectivity index (χ1n) is 5.47. The van der Waals surface area contributed by atoms with Crippen LogP contribution in [0.25, 0.3) is 0 Å². The summed E-state index contributed by atoms with van der Waals surface area (Å²) in [4.78, 5) is 10.6. The molecule has 4 heteroatoms. The summed E-state index contributed by atoms with van der Waals surface area (Å²) in [7, 11) is 0. The molecule has 1 aromatic heterocycles. The Morgan fingerprint density at radius 3 is 3.13 bits per heavy atom. The van der Waals surface area contributed by atoms with Crippen molar-refractivity contribution in [2.75, 3.05) is 19.6 Å². The van der Waals surface area contributed by atoms with Crippen molar-refractivity contribution in [3.8, 4) is 0 Å². The van der Waals surface area contributed by atoms with Gasteiger partial charge in [0.25, 0.3) is 0 Å². The first-order valence-corrected chi connectivity index (χ1v) is 5.84. The maximum atomic E-state index is 6.75. The van der Waals surface area contributed by atoms with E-state index in [9.17, 15) is 0 Å². The van der Waals surface area contributed by atoms with E-state index in [1.165, 1.54) is 19.4 Å². The van der Waals surface area contributed by atoms with Crippen molar-refractivity contribution in [1.82, 2.24) is 14.9 Å². The van der Waals surface area contributed by atoms with Crippen LogP contribution in [-0.2, 0) is 4.87 Å². The molecule has 1 aromatic rings. The first kappa shape index (κ1) is 9.55. The molecule has 0 N–H and O–H groups in total. The largest absolute Gasteiger partial charge is 0.301 e. The summed E-state index contributed by atoms with van der Waals surface area (Å²) < 4.78 is 0. The van der Waals surface area contributed by atoms with Gasteiger partial charge >= 0.3 is 0 Å². The molecule has 2 saturated heterocycles. The Balaban J connectivity index is 1.97. The number of hydrogen-bond donors (Lipinski definition) is 0. The Morgan fingerprint density at radius 1 is 1.47 bits per heavy atom. The van der Waals surface area contributed by atoms with Gasteiger partial charge in [0.15, 0.2) is 0 Å². The van der Waals surface area contributed by atoms with Crippen LogP contribution in [0.5, 0.6) is 0 Å². The molecule has 80 valence electrons. The van der Waals surface area contributed by atoms with E-state index in [2.05, 4.69) is 14.9 Å². The van der Waals surface area contributed by atoms with Crippen molar-refractivity contribution in [2.45, 2.75) is 17.7 Å². The van der Waals surface area contributed by atoms with E-state index < -0.39 is 0 Å². The highest BCUT2D eigenvalue weighted by molar-refractivity contribution is 6.24. The molecule has 0 aromatic carbocycles. The molecule has 3 rings (SSSR count). The van der Waals surface area contributed by atoms with Gasteiger partial charge in [0, 0.05) is 25.5 Å². The third-order valence-corrected chi connectivity index (χ3v) is 4.22. The van der Waals surface area contributed by atoms with Crippen molar-refractivity contribution in [2.24, 2.45) is 5.92 Å². The van der Waals surface area contributed by atoms with Crippen LogP contribution in [-0.4, -0.2) is 34.5 Å². The van der Waals surface area contributed by atoms with E-state index in [1.54, 1.807) is 12.4 Å². The third-order valence-electron chi connectivity index (χ3n) is 3.60. The standard InChI is InChI=1S/C11H14ClN3/c12-11(10-6-13-3-4-14-10)8-15-5-1-2-9(11)7-15/h3-4,6,9H,1-2,5,7-8H2. The van der Waals surface area contributed by atoms with Gasteiger partial charge in [-0.3, -0.25) is 9.97 Å². The lowest BCUT2D eigenvalue weighted by molar-refractivity contribution is 0.269. The van der Waals surface area contributed by atoms with Crippen LogP contribution in [0.2, 0.25) is 0 Å². The molecule has 0 spiro atoms. The van der Waals surface area contributed by atoms with Gasteiger partial charge in [0.1, 0.15) is 4.87 Å². The maximum Gasteiger partial charge on any atom is 0.105 e. The number of aromatic nitrogens is 2. The molecule has 0 aliphatic carbocycles. The van der Waals surface area contributed by atoms with E-state index in [4.69, 9.17) is 11.6 Å². The number of fused-ring (bicyclic) bond motifs is 2. The van der Waals surface area contributed by atoms with Crippen LogP contribution in [0.15, 0.2) is 18.6 Å². The van der Waals surface area contributed by atoms with Crippen LogP contribution in [0.4, 0.5) is 0 Å². The molecule has 2 bridgehead atoms. The van der Waals surface area contributed by atoms with Crippen LogP contribution in [0, 0.1) is 5.92 Å². The lowest BCUT2D eigenvalue weighted by Gasteiger charge is -2.26. The Morgan fingerprint density at radius 2 is 2.40 bits per heavy atom. The van der Waals surface area contributed by atoms with E-state index in [1.807, 2.05) is 6.20 Å². The topological polar surface area (TPSA) is 29.0 Å². The summed E-state index contributed by atoms with van der Waals surface area (Å²) in [5, 5.41) is 0. The molecule has 3 heterocycles. The minimum atomic E-state index is -0.287. The number of rotatable bonds is 1. The molecule has 3 nitrogen and oxygen atoms in total. The van der Waals surface area contributed by atoms with E-state index >= 15 is 0 Å². The van der Waals surface area contributed by atoms with Crippen LogP contribution >= 0.6 is 11.6 Å². The molecular formula is C11H14ClN3. The molecule has 0 amide bonds. The van der Waals surface area contributed by atoms with E-state index in [0.29, 0.717) is 5.92 Å². The molecule has 2 aliphatic heterocycles. The Labute approximate surface area is 94.5 Å². The summed E-state index contributed by atoms with van der Waals surface area (Å²) in [5.41, 5.74) is 0.945. The van der Waals surface area contributed by atoms with Crippen LogP contribution < -0.4 is 0 Å². The number of halogens is 1. The van der Waals surface area contributed by atoms with Gasteiger partial charge in [-0.05, 0) is 25.3 Å². The van der Waals surface area contributed by atoms with Crippen LogP contribution in [0.3, 0.4) is 0 Å². The number of piperidine rings is 1. The fraction of sp³-hybridized carbons (Fsp3) is 0.636. The minimum absolute atomic E-state index is 0.287. The summed E-state index contributed by atoms with van der Waals surface area (Å²) in [6.45, 7) is 3.24. The Bertz CT molecular complexity index is 356. The zero-order chi connectivity index (χ0) is 10.3. The summed E-state index contributed by atoms with van der Waals surface area (Å²) in [6.07, 6.45) is 7.73. The molecule has 2 aliphatic rings. The Kier molecular flexibility index (Phi) is 2.18.